The highest BCUT2D eigenvalue weighted by atomic mass is 127. The first-order valence-corrected chi connectivity index (χ1v) is 10.9. The second kappa shape index (κ2) is 14.3. The molecule has 0 saturated carbocycles. The molecule has 0 radical (unpaired) electrons. The Bertz CT molecular complexity index is 826. The maximum Gasteiger partial charge on any atom is 0.191 e. The number of aliphatic hydroxyl groups excluding tert-OH is 1. The number of hydrogen-bond donors (Lipinski definition) is 3. The van der Waals surface area contributed by atoms with Crippen molar-refractivity contribution in [1.82, 2.24) is 15.5 Å². The van der Waals surface area contributed by atoms with Crippen LogP contribution in [0, 0.1) is 0 Å². The fraction of sp³-hybridized carbons (Fsp3) is 0.458. The largest absolute Gasteiger partial charge is 0.497 e. The number of rotatable bonds is 9. The van der Waals surface area contributed by atoms with E-state index in [1.807, 2.05) is 31.2 Å². The summed E-state index contributed by atoms with van der Waals surface area (Å²) < 4.78 is 10.6. The maximum absolute atomic E-state index is 10.5. The van der Waals surface area contributed by atoms with Gasteiger partial charge in [0.25, 0.3) is 0 Å². The van der Waals surface area contributed by atoms with E-state index in [4.69, 9.17) is 14.5 Å². The first-order valence-electron chi connectivity index (χ1n) is 10.9. The molecule has 1 aliphatic heterocycles. The topological polar surface area (TPSA) is 78.4 Å². The molecule has 1 heterocycles. The van der Waals surface area contributed by atoms with Crippen molar-refractivity contribution in [3.8, 4) is 5.75 Å². The Morgan fingerprint density at radius 1 is 1.09 bits per heavy atom. The van der Waals surface area contributed by atoms with E-state index in [0.717, 1.165) is 50.7 Å². The molecule has 1 aliphatic rings. The van der Waals surface area contributed by atoms with Gasteiger partial charge in [0.05, 0.1) is 33.0 Å². The number of guanidine groups is 1. The third kappa shape index (κ3) is 8.23. The Kier molecular flexibility index (Phi) is 11.8. The number of hydrogen-bond acceptors (Lipinski definition) is 5. The van der Waals surface area contributed by atoms with Gasteiger partial charge in [-0.2, -0.15) is 0 Å². The van der Waals surface area contributed by atoms with Gasteiger partial charge in [-0.3, -0.25) is 4.90 Å². The Morgan fingerprint density at radius 3 is 2.44 bits per heavy atom. The first kappa shape index (κ1) is 26.4. The Balaban J connectivity index is 0.00000363. The minimum absolute atomic E-state index is 0. The Labute approximate surface area is 208 Å². The van der Waals surface area contributed by atoms with Gasteiger partial charge in [0, 0.05) is 32.7 Å². The average molecular weight is 554 g/mol. The van der Waals surface area contributed by atoms with Crippen molar-refractivity contribution in [1.29, 1.82) is 0 Å². The molecule has 8 heteroatoms. The molecule has 0 aliphatic carbocycles. The van der Waals surface area contributed by atoms with Gasteiger partial charge < -0.3 is 25.2 Å². The molecule has 3 N–H and O–H groups in total. The van der Waals surface area contributed by atoms with Crippen LogP contribution in [0.4, 0.5) is 0 Å². The summed E-state index contributed by atoms with van der Waals surface area (Å²) >= 11 is 0. The Hall–Kier alpha value is -1.88. The van der Waals surface area contributed by atoms with E-state index in [0.29, 0.717) is 19.0 Å². The minimum atomic E-state index is -0.636. The fourth-order valence-electron chi connectivity index (χ4n) is 3.51. The van der Waals surface area contributed by atoms with Crippen LogP contribution in [0.5, 0.6) is 5.75 Å². The van der Waals surface area contributed by atoms with Crippen LogP contribution in [0.2, 0.25) is 0 Å². The summed E-state index contributed by atoms with van der Waals surface area (Å²) in [4.78, 5) is 7.17. The molecule has 0 bridgehead atoms. The summed E-state index contributed by atoms with van der Waals surface area (Å²) in [5.41, 5.74) is 3.34. The van der Waals surface area contributed by atoms with Gasteiger partial charge in [-0.1, -0.05) is 36.4 Å². The van der Waals surface area contributed by atoms with Gasteiger partial charge in [0.15, 0.2) is 5.96 Å². The van der Waals surface area contributed by atoms with Gasteiger partial charge in [-0.15, -0.1) is 24.0 Å². The van der Waals surface area contributed by atoms with Gasteiger partial charge in [0.2, 0.25) is 0 Å². The minimum Gasteiger partial charge on any atom is -0.497 e. The van der Waals surface area contributed by atoms with E-state index < -0.39 is 6.10 Å². The molecule has 0 aromatic heterocycles. The van der Waals surface area contributed by atoms with Crippen LogP contribution in [0.25, 0.3) is 0 Å². The van der Waals surface area contributed by atoms with Gasteiger partial charge in [0.1, 0.15) is 5.75 Å². The molecule has 32 heavy (non-hydrogen) atoms. The lowest BCUT2D eigenvalue weighted by atomic mass is 10.1. The fourth-order valence-corrected chi connectivity index (χ4v) is 3.51. The molecule has 1 fully saturated rings. The van der Waals surface area contributed by atoms with E-state index >= 15 is 0 Å². The van der Waals surface area contributed by atoms with E-state index in [-0.39, 0.29) is 24.0 Å². The number of ether oxygens (including phenoxy) is 2. The highest BCUT2D eigenvalue weighted by Crippen LogP contribution is 2.17. The van der Waals surface area contributed by atoms with Crippen LogP contribution in [0.1, 0.15) is 29.7 Å². The van der Waals surface area contributed by atoms with E-state index in [2.05, 4.69) is 39.8 Å². The molecular formula is C24H35IN4O3. The Morgan fingerprint density at radius 2 is 1.78 bits per heavy atom. The van der Waals surface area contributed by atoms with Crippen LogP contribution >= 0.6 is 24.0 Å². The van der Waals surface area contributed by atoms with Crippen molar-refractivity contribution in [2.24, 2.45) is 4.99 Å². The zero-order chi connectivity index (χ0) is 21.9. The van der Waals surface area contributed by atoms with Crippen LogP contribution < -0.4 is 15.4 Å². The van der Waals surface area contributed by atoms with Gasteiger partial charge in [-0.25, -0.2) is 4.99 Å². The SMILES string of the molecule is CCNC(=NCc1ccccc1CN1CCOCC1)NCC(O)c1ccc(OC)cc1.I. The zero-order valence-electron chi connectivity index (χ0n) is 18.9. The zero-order valence-corrected chi connectivity index (χ0v) is 21.2. The quantitative estimate of drug-likeness (QED) is 0.252. The monoisotopic (exact) mass is 554 g/mol. The third-order valence-electron chi connectivity index (χ3n) is 5.33. The van der Waals surface area contributed by atoms with Crippen molar-refractivity contribution in [3.63, 3.8) is 0 Å². The number of nitrogens with one attached hydrogen (secondary N) is 2. The van der Waals surface area contributed by atoms with Gasteiger partial charge >= 0.3 is 0 Å². The lowest BCUT2D eigenvalue weighted by Crippen LogP contribution is -2.39. The molecule has 7 nitrogen and oxygen atoms in total. The van der Waals surface area contributed by atoms with Crippen LogP contribution in [0.3, 0.4) is 0 Å². The van der Waals surface area contributed by atoms with Crippen molar-refractivity contribution >= 4 is 29.9 Å². The number of methoxy groups -OCH3 is 1. The van der Waals surface area contributed by atoms with Crippen LogP contribution in [0.15, 0.2) is 53.5 Å². The molecule has 0 amide bonds. The van der Waals surface area contributed by atoms with Crippen molar-refractivity contribution in [3.05, 3.63) is 65.2 Å². The lowest BCUT2D eigenvalue weighted by molar-refractivity contribution is 0.0341. The van der Waals surface area contributed by atoms with E-state index in [1.165, 1.54) is 11.1 Å². The van der Waals surface area contributed by atoms with Crippen LogP contribution in [-0.4, -0.2) is 62.5 Å². The molecule has 3 rings (SSSR count). The summed E-state index contributed by atoms with van der Waals surface area (Å²) in [5, 5.41) is 17.0. The number of aliphatic imine (C=N–C) groups is 1. The summed E-state index contributed by atoms with van der Waals surface area (Å²) in [6.45, 7) is 8.16. The molecule has 2 aromatic carbocycles. The summed E-state index contributed by atoms with van der Waals surface area (Å²) in [5.74, 6) is 1.46. The van der Waals surface area contributed by atoms with Crippen molar-refractivity contribution < 1.29 is 14.6 Å². The molecule has 1 unspecified atom stereocenters. The number of aliphatic hydroxyl groups is 1. The average Bonchev–Trinajstić information content (AvgIpc) is 2.82. The second-order valence-corrected chi connectivity index (χ2v) is 7.52. The van der Waals surface area contributed by atoms with Crippen LogP contribution in [-0.2, 0) is 17.8 Å². The second-order valence-electron chi connectivity index (χ2n) is 7.52. The molecule has 176 valence electrons. The van der Waals surface area contributed by atoms with Gasteiger partial charge in [-0.05, 0) is 35.7 Å². The molecule has 2 aromatic rings. The van der Waals surface area contributed by atoms with E-state index in [9.17, 15) is 5.11 Å². The van der Waals surface area contributed by atoms with Crippen molar-refractivity contribution in [2.75, 3.05) is 46.5 Å². The summed E-state index contributed by atoms with van der Waals surface area (Å²) in [6.07, 6.45) is -0.636. The standard InChI is InChI=1S/C24H34N4O3.HI/c1-3-25-24(27-17-23(29)19-8-10-22(30-2)11-9-19)26-16-20-6-4-5-7-21(20)18-28-12-14-31-15-13-28;/h4-11,23,29H,3,12-18H2,1-2H3,(H2,25,26,27);1H. The smallest absolute Gasteiger partial charge is 0.191 e. The highest BCUT2D eigenvalue weighted by molar-refractivity contribution is 14.0. The summed E-state index contributed by atoms with van der Waals surface area (Å²) in [6, 6.07) is 15.9. The number of halogens is 1. The molecular weight excluding hydrogens is 519 g/mol. The lowest BCUT2D eigenvalue weighted by Gasteiger charge is -2.27. The highest BCUT2D eigenvalue weighted by Gasteiger charge is 2.13. The molecule has 0 spiro atoms. The molecule has 1 saturated heterocycles. The molecule has 1 atom stereocenters. The third-order valence-corrected chi connectivity index (χ3v) is 5.33. The number of benzene rings is 2. The predicted molar refractivity (Wildman–Crippen MR) is 139 cm³/mol. The summed E-state index contributed by atoms with van der Waals surface area (Å²) in [7, 11) is 1.63. The number of nitrogens with zero attached hydrogens (tertiary/aromatic N) is 2. The predicted octanol–water partition coefficient (Wildman–Crippen LogP) is 2.93. The first-order chi connectivity index (χ1) is 15.2. The maximum atomic E-state index is 10.5. The van der Waals surface area contributed by atoms with Crippen molar-refractivity contribution in [2.45, 2.75) is 26.1 Å². The van der Waals surface area contributed by atoms with E-state index in [1.54, 1.807) is 7.11 Å². The number of morpholine rings is 1. The normalized spacial score (nSPS) is 15.5.